The van der Waals surface area contributed by atoms with Crippen LogP contribution in [0.25, 0.3) is 11.1 Å². The van der Waals surface area contributed by atoms with E-state index >= 15 is 0 Å². The fraction of sp³-hybridized carbons (Fsp3) is 0.417. The summed E-state index contributed by atoms with van der Waals surface area (Å²) < 4.78 is 19.8. The molecule has 0 saturated heterocycles. The minimum Gasteiger partial charge on any atom is -0.381 e. The molecule has 1 fully saturated rings. The Hall–Kier alpha value is -1.93. The lowest BCUT2D eigenvalue weighted by Gasteiger charge is -2.27. The highest BCUT2D eigenvalue weighted by atomic mass is 19.1. The van der Waals surface area contributed by atoms with E-state index in [-0.39, 0.29) is 5.82 Å². The highest BCUT2D eigenvalue weighted by Crippen LogP contribution is 2.34. The summed E-state index contributed by atoms with van der Waals surface area (Å²) in [7, 11) is 1.81. The van der Waals surface area contributed by atoms with Crippen molar-refractivity contribution in [3.63, 3.8) is 0 Å². The molecule has 138 valence electrons. The predicted molar refractivity (Wildman–Crippen MR) is 107 cm³/mol. The van der Waals surface area contributed by atoms with E-state index in [2.05, 4.69) is 30.3 Å². The molecule has 2 heteroatoms. The molecule has 0 aliphatic heterocycles. The smallest absolute Gasteiger partial charge is 0.127 e. The van der Waals surface area contributed by atoms with E-state index in [0.29, 0.717) is 12.0 Å². The summed E-state index contributed by atoms with van der Waals surface area (Å²) in [5.74, 6) is 0.523. The molecule has 2 aromatic carbocycles. The van der Waals surface area contributed by atoms with E-state index < -0.39 is 0 Å². The van der Waals surface area contributed by atoms with Gasteiger partial charge in [0.15, 0.2) is 0 Å². The molecule has 26 heavy (non-hydrogen) atoms. The number of rotatable bonds is 6. The van der Waals surface area contributed by atoms with Crippen molar-refractivity contribution < 1.29 is 9.13 Å². The highest BCUT2D eigenvalue weighted by molar-refractivity contribution is 5.64. The Labute approximate surface area is 156 Å². The Morgan fingerprint density at radius 1 is 1.00 bits per heavy atom. The Balaban J connectivity index is 1.67. The third-order valence-electron chi connectivity index (χ3n) is 5.59. The van der Waals surface area contributed by atoms with Crippen LogP contribution in [0.15, 0.2) is 54.6 Å². The molecule has 1 aliphatic rings. The van der Waals surface area contributed by atoms with Gasteiger partial charge in [-0.3, -0.25) is 0 Å². The van der Waals surface area contributed by atoms with Gasteiger partial charge in [-0.1, -0.05) is 48.6 Å². The van der Waals surface area contributed by atoms with Crippen LogP contribution in [0.1, 0.15) is 56.1 Å². The summed E-state index contributed by atoms with van der Waals surface area (Å²) >= 11 is 0. The molecule has 1 aliphatic carbocycles. The van der Waals surface area contributed by atoms with Crippen molar-refractivity contribution in [2.24, 2.45) is 0 Å². The van der Waals surface area contributed by atoms with Crippen molar-refractivity contribution in [3.05, 3.63) is 71.6 Å². The minimum absolute atomic E-state index is 0.103. The summed E-state index contributed by atoms with van der Waals surface area (Å²) in [6.45, 7) is 1.99. The number of halogens is 1. The molecule has 0 heterocycles. The fourth-order valence-corrected chi connectivity index (χ4v) is 3.91. The Morgan fingerprint density at radius 2 is 1.69 bits per heavy atom. The first-order chi connectivity index (χ1) is 12.7. The second-order valence-corrected chi connectivity index (χ2v) is 7.25. The molecule has 1 saturated carbocycles. The molecular formula is C24H29FO. The fourth-order valence-electron chi connectivity index (χ4n) is 3.91. The molecular weight excluding hydrogens is 323 g/mol. The normalized spacial score (nSPS) is 20.6. The van der Waals surface area contributed by atoms with Gasteiger partial charge < -0.3 is 4.74 Å². The summed E-state index contributed by atoms with van der Waals surface area (Å²) in [5, 5.41) is 0. The summed E-state index contributed by atoms with van der Waals surface area (Å²) in [6.07, 6.45) is 10.8. The van der Waals surface area contributed by atoms with E-state index in [1.165, 1.54) is 18.4 Å². The van der Waals surface area contributed by atoms with Crippen molar-refractivity contribution in [2.45, 2.75) is 57.5 Å². The third-order valence-corrected chi connectivity index (χ3v) is 5.59. The maximum atomic E-state index is 14.4. The van der Waals surface area contributed by atoms with Crippen molar-refractivity contribution in [1.29, 1.82) is 0 Å². The quantitative estimate of drug-likeness (QED) is 0.527. The molecule has 1 nitrogen and oxygen atoms in total. The second-order valence-electron chi connectivity index (χ2n) is 7.25. The van der Waals surface area contributed by atoms with E-state index in [1.54, 1.807) is 6.07 Å². The Morgan fingerprint density at radius 3 is 2.31 bits per heavy atom. The van der Waals surface area contributed by atoms with Crippen LogP contribution in [0.4, 0.5) is 4.39 Å². The lowest BCUT2D eigenvalue weighted by molar-refractivity contribution is 0.0659. The number of aryl methyl sites for hydroxylation is 1. The molecule has 3 rings (SSSR count). The van der Waals surface area contributed by atoms with Crippen LogP contribution in [0.2, 0.25) is 0 Å². The van der Waals surface area contributed by atoms with Gasteiger partial charge in [0, 0.05) is 7.11 Å². The van der Waals surface area contributed by atoms with E-state index in [4.69, 9.17) is 4.74 Å². The molecule has 0 radical (unpaired) electrons. The number of benzene rings is 2. The Kier molecular flexibility index (Phi) is 6.62. The summed E-state index contributed by atoms with van der Waals surface area (Å²) in [4.78, 5) is 0. The van der Waals surface area contributed by atoms with Crippen LogP contribution in [0, 0.1) is 5.82 Å². The molecule has 2 aromatic rings. The van der Waals surface area contributed by atoms with Crippen LogP contribution < -0.4 is 0 Å². The van der Waals surface area contributed by atoms with Crippen molar-refractivity contribution >= 4 is 0 Å². The van der Waals surface area contributed by atoms with Crippen LogP contribution in [0.5, 0.6) is 0 Å². The first-order valence-electron chi connectivity index (χ1n) is 9.74. The number of hydrogen-bond donors (Lipinski definition) is 0. The van der Waals surface area contributed by atoms with Crippen molar-refractivity contribution in [2.75, 3.05) is 7.11 Å². The summed E-state index contributed by atoms with van der Waals surface area (Å²) in [6, 6.07) is 14.3. The number of methoxy groups -OCH3 is 1. The van der Waals surface area contributed by atoms with Gasteiger partial charge in [-0.25, -0.2) is 4.39 Å². The molecule has 0 spiro atoms. The number of allylic oxidation sites excluding steroid dienone is 2. The second kappa shape index (κ2) is 9.14. The average molecular weight is 352 g/mol. The number of hydrogen-bond acceptors (Lipinski definition) is 1. The zero-order valence-corrected chi connectivity index (χ0v) is 15.9. The predicted octanol–water partition coefficient (Wildman–Crippen LogP) is 6.67. The SMILES string of the molecule is C/C=C/CCc1ccc(-c2ccc(C3CCC(OC)CC3)cc2)cc1F. The van der Waals surface area contributed by atoms with Crippen LogP contribution in [0.3, 0.4) is 0 Å². The molecule has 0 aromatic heterocycles. The van der Waals surface area contributed by atoms with Gasteiger partial charge >= 0.3 is 0 Å². The van der Waals surface area contributed by atoms with Crippen molar-refractivity contribution in [1.82, 2.24) is 0 Å². The van der Waals surface area contributed by atoms with E-state index in [1.807, 2.05) is 32.2 Å². The van der Waals surface area contributed by atoms with Crippen LogP contribution >= 0.6 is 0 Å². The standard InChI is InChI=1S/C24H29FO/c1-3-4-5-6-21-11-12-22(17-24(21)25)20-9-7-18(8-10-20)19-13-15-23(26-2)16-14-19/h3-4,7-12,17,19,23H,5-6,13-16H2,1-2H3/b4-3+. The summed E-state index contributed by atoms with van der Waals surface area (Å²) in [5.41, 5.74) is 4.22. The zero-order chi connectivity index (χ0) is 18.4. The highest BCUT2D eigenvalue weighted by Gasteiger charge is 2.21. The van der Waals surface area contributed by atoms with Gasteiger partial charge in [0.25, 0.3) is 0 Å². The molecule has 0 atom stereocenters. The third kappa shape index (κ3) is 4.62. The van der Waals surface area contributed by atoms with E-state index in [0.717, 1.165) is 42.4 Å². The van der Waals surface area contributed by atoms with Crippen molar-refractivity contribution in [3.8, 4) is 11.1 Å². The van der Waals surface area contributed by atoms with Gasteiger partial charge in [0.1, 0.15) is 5.82 Å². The largest absolute Gasteiger partial charge is 0.381 e. The topological polar surface area (TPSA) is 9.23 Å². The zero-order valence-electron chi connectivity index (χ0n) is 15.9. The van der Waals surface area contributed by atoms with Crippen LogP contribution in [-0.4, -0.2) is 13.2 Å². The molecule has 0 amide bonds. The first kappa shape index (κ1) is 18.8. The molecule has 0 unspecified atom stereocenters. The van der Waals surface area contributed by atoms with Gasteiger partial charge in [0.05, 0.1) is 6.10 Å². The van der Waals surface area contributed by atoms with E-state index in [9.17, 15) is 4.39 Å². The average Bonchev–Trinajstić information content (AvgIpc) is 2.69. The number of ether oxygens (including phenoxy) is 1. The Bertz CT molecular complexity index is 724. The molecule has 0 N–H and O–H groups in total. The maximum absolute atomic E-state index is 14.4. The van der Waals surface area contributed by atoms with Gasteiger partial charge in [0.2, 0.25) is 0 Å². The lowest BCUT2D eigenvalue weighted by atomic mass is 9.82. The lowest BCUT2D eigenvalue weighted by Crippen LogP contribution is -2.19. The van der Waals surface area contributed by atoms with Gasteiger partial charge in [-0.15, -0.1) is 0 Å². The van der Waals surface area contributed by atoms with Crippen LogP contribution in [-0.2, 0) is 11.2 Å². The monoisotopic (exact) mass is 352 g/mol. The van der Waals surface area contributed by atoms with Gasteiger partial charge in [-0.2, -0.15) is 0 Å². The van der Waals surface area contributed by atoms with Gasteiger partial charge in [-0.05, 0) is 79.7 Å². The molecule has 0 bridgehead atoms. The minimum atomic E-state index is -0.103. The maximum Gasteiger partial charge on any atom is 0.127 e. The first-order valence-corrected chi connectivity index (χ1v) is 9.74.